The van der Waals surface area contributed by atoms with Crippen LogP contribution in [0.4, 0.5) is 0 Å². The molecule has 1 heterocycles. The molecule has 0 aliphatic heterocycles. The van der Waals surface area contributed by atoms with Crippen LogP contribution in [-0.2, 0) is 7.05 Å². The molecule has 0 fully saturated rings. The van der Waals surface area contributed by atoms with Gasteiger partial charge in [0.1, 0.15) is 0 Å². The van der Waals surface area contributed by atoms with E-state index in [2.05, 4.69) is 9.55 Å². The van der Waals surface area contributed by atoms with E-state index in [1.807, 2.05) is 25.2 Å². The van der Waals surface area contributed by atoms with Crippen LogP contribution in [0.3, 0.4) is 0 Å². The molecule has 0 aliphatic carbocycles. The Hall–Kier alpha value is -0.710. The summed E-state index contributed by atoms with van der Waals surface area (Å²) in [6, 6.07) is 5.81. The fourth-order valence-electron chi connectivity index (χ4n) is 1.69. The first kappa shape index (κ1) is 12.7. The number of hydrogen-bond donors (Lipinski definition) is 1. The number of imidazole rings is 1. The molecule has 0 atom stereocenters. The summed E-state index contributed by atoms with van der Waals surface area (Å²) in [6.45, 7) is 0.763. The molecule has 2 N–H and O–H groups in total. The predicted octanol–water partition coefficient (Wildman–Crippen LogP) is 3.06. The van der Waals surface area contributed by atoms with Crippen LogP contribution in [0.1, 0.15) is 12.8 Å². The minimum Gasteiger partial charge on any atom is -0.330 e. The molecule has 2 aromatic rings. The molecule has 5 heteroatoms. The zero-order chi connectivity index (χ0) is 12.3. The molecule has 0 aliphatic rings. The van der Waals surface area contributed by atoms with E-state index < -0.39 is 0 Å². The Morgan fingerprint density at radius 3 is 3.00 bits per heavy atom. The van der Waals surface area contributed by atoms with E-state index in [1.54, 1.807) is 11.8 Å². The lowest BCUT2D eigenvalue weighted by molar-refractivity contribution is 0.796. The maximum Gasteiger partial charge on any atom is 0.168 e. The molecule has 17 heavy (non-hydrogen) atoms. The zero-order valence-corrected chi connectivity index (χ0v) is 11.4. The molecule has 0 saturated heterocycles. The highest BCUT2D eigenvalue weighted by molar-refractivity contribution is 7.99. The summed E-state index contributed by atoms with van der Waals surface area (Å²) in [5.41, 5.74) is 7.55. The molecule has 0 spiro atoms. The number of nitrogens with zero attached hydrogens (tertiary/aromatic N) is 2. The summed E-state index contributed by atoms with van der Waals surface area (Å²) < 4.78 is 2.11. The Labute approximate surface area is 110 Å². The average molecular weight is 270 g/mol. The Bertz CT molecular complexity index is 510. The first-order valence-electron chi connectivity index (χ1n) is 5.67. The molecule has 2 rings (SSSR count). The van der Waals surface area contributed by atoms with Gasteiger partial charge in [-0.15, -0.1) is 0 Å². The minimum absolute atomic E-state index is 0.732. The first-order valence-corrected chi connectivity index (χ1v) is 7.03. The number of aryl methyl sites for hydroxylation is 1. The van der Waals surface area contributed by atoms with Crippen LogP contribution in [0.5, 0.6) is 0 Å². The van der Waals surface area contributed by atoms with Gasteiger partial charge < -0.3 is 10.3 Å². The van der Waals surface area contributed by atoms with Gasteiger partial charge in [-0.25, -0.2) is 4.98 Å². The standard InChI is InChI=1S/C12H16ClN3S/c1-16-11-5-4-9(13)8-10(11)15-12(16)17-7-3-2-6-14/h4-5,8H,2-3,6-7,14H2,1H3. The van der Waals surface area contributed by atoms with Crippen LogP contribution in [-0.4, -0.2) is 21.8 Å². The molecular formula is C12H16ClN3S. The lowest BCUT2D eigenvalue weighted by Crippen LogP contribution is -1.99. The summed E-state index contributed by atoms with van der Waals surface area (Å²) in [4.78, 5) is 4.58. The predicted molar refractivity (Wildman–Crippen MR) is 74.7 cm³/mol. The summed E-state index contributed by atoms with van der Waals surface area (Å²) >= 11 is 7.73. The minimum atomic E-state index is 0.732. The van der Waals surface area contributed by atoms with Crippen LogP contribution in [0.15, 0.2) is 23.4 Å². The Kier molecular flexibility index (Phi) is 4.31. The maximum absolute atomic E-state index is 5.96. The smallest absolute Gasteiger partial charge is 0.168 e. The van der Waals surface area contributed by atoms with Crippen LogP contribution in [0.2, 0.25) is 5.02 Å². The van der Waals surface area contributed by atoms with Crippen molar-refractivity contribution in [3.8, 4) is 0 Å². The summed E-state index contributed by atoms with van der Waals surface area (Å²) in [7, 11) is 2.04. The molecule has 1 aromatic carbocycles. The van der Waals surface area contributed by atoms with Crippen LogP contribution >= 0.6 is 23.4 Å². The van der Waals surface area contributed by atoms with Gasteiger partial charge in [-0.05, 0) is 37.6 Å². The van der Waals surface area contributed by atoms with E-state index in [0.717, 1.165) is 46.4 Å². The number of rotatable bonds is 5. The average Bonchev–Trinajstić information content (AvgIpc) is 2.61. The number of hydrogen-bond acceptors (Lipinski definition) is 3. The molecule has 0 unspecified atom stereocenters. The lowest BCUT2D eigenvalue weighted by atomic mass is 10.3. The van der Waals surface area contributed by atoms with Crippen molar-refractivity contribution in [3.63, 3.8) is 0 Å². The van der Waals surface area contributed by atoms with Crippen molar-refractivity contribution in [1.29, 1.82) is 0 Å². The van der Waals surface area contributed by atoms with E-state index in [9.17, 15) is 0 Å². The Morgan fingerprint density at radius 2 is 2.24 bits per heavy atom. The summed E-state index contributed by atoms with van der Waals surface area (Å²) in [5, 5.41) is 1.77. The second-order valence-corrected chi connectivity index (χ2v) is 5.43. The van der Waals surface area contributed by atoms with Gasteiger partial charge in [0.2, 0.25) is 0 Å². The normalized spacial score (nSPS) is 11.2. The quantitative estimate of drug-likeness (QED) is 0.670. The fraction of sp³-hybridized carbons (Fsp3) is 0.417. The summed E-state index contributed by atoms with van der Waals surface area (Å²) in [5.74, 6) is 1.06. The molecule has 3 nitrogen and oxygen atoms in total. The highest BCUT2D eigenvalue weighted by Crippen LogP contribution is 2.25. The molecule has 1 aromatic heterocycles. The number of fused-ring (bicyclic) bond motifs is 1. The third-order valence-electron chi connectivity index (χ3n) is 2.63. The van der Waals surface area contributed by atoms with Crippen molar-refractivity contribution in [3.05, 3.63) is 23.2 Å². The number of halogens is 1. The summed E-state index contributed by atoms with van der Waals surface area (Å²) in [6.07, 6.45) is 2.20. The van der Waals surface area contributed by atoms with Crippen molar-refractivity contribution in [2.45, 2.75) is 18.0 Å². The van der Waals surface area contributed by atoms with Crippen LogP contribution < -0.4 is 5.73 Å². The highest BCUT2D eigenvalue weighted by atomic mass is 35.5. The van der Waals surface area contributed by atoms with E-state index in [-0.39, 0.29) is 0 Å². The monoisotopic (exact) mass is 269 g/mol. The largest absolute Gasteiger partial charge is 0.330 e. The third kappa shape index (κ3) is 2.94. The number of unbranched alkanes of at least 4 members (excludes halogenated alkanes) is 1. The third-order valence-corrected chi connectivity index (χ3v) is 3.98. The molecule has 0 radical (unpaired) electrons. The van der Waals surface area contributed by atoms with E-state index in [1.165, 1.54) is 0 Å². The molecule has 0 bridgehead atoms. The van der Waals surface area contributed by atoms with E-state index in [4.69, 9.17) is 17.3 Å². The van der Waals surface area contributed by atoms with Crippen molar-refractivity contribution in [1.82, 2.24) is 9.55 Å². The SMILES string of the molecule is Cn1c(SCCCCN)nc2cc(Cl)ccc21. The van der Waals surface area contributed by atoms with Crippen molar-refractivity contribution in [2.75, 3.05) is 12.3 Å². The van der Waals surface area contributed by atoms with Gasteiger partial charge in [0.15, 0.2) is 5.16 Å². The van der Waals surface area contributed by atoms with E-state index >= 15 is 0 Å². The fourth-order valence-corrected chi connectivity index (χ4v) is 2.84. The van der Waals surface area contributed by atoms with Gasteiger partial charge in [-0.2, -0.15) is 0 Å². The number of nitrogens with two attached hydrogens (primary N) is 1. The van der Waals surface area contributed by atoms with Crippen LogP contribution in [0.25, 0.3) is 11.0 Å². The lowest BCUT2D eigenvalue weighted by Gasteiger charge is -2.01. The van der Waals surface area contributed by atoms with Crippen molar-refractivity contribution < 1.29 is 0 Å². The second-order valence-electron chi connectivity index (χ2n) is 3.93. The molecule has 0 saturated carbocycles. The maximum atomic E-state index is 5.96. The van der Waals surface area contributed by atoms with Gasteiger partial charge in [-0.1, -0.05) is 23.4 Å². The van der Waals surface area contributed by atoms with Crippen molar-refractivity contribution in [2.24, 2.45) is 12.8 Å². The van der Waals surface area contributed by atoms with Gasteiger partial charge in [0.25, 0.3) is 0 Å². The number of thioether (sulfide) groups is 1. The Balaban J connectivity index is 2.15. The zero-order valence-electron chi connectivity index (χ0n) is 9.82. The highest BCUT2D eigenvalue weighted by Gasteiger charge is 2.07. The number of aromatic nitrogens is 2. The molecular weight excluding hydrogens is 254 g/mol. The van der Waals surface area contributed by atoms with Gasteiger partial charge in [0, 0.05) is 17.8 Å². The number of benzene rings is 1. The first-order chi connectivity index (χ1) is 8.22. The van der Waals surface area contributed by atoms with E-state index in [0.29, 0.717) is 0 Å². The van der Waals surface area contributed by atoms with Gasteiger partial charge in [0.05, 0.1) is 11.0 Å². The van der Waals surface area contributed by atoms with Gasteiger partial charge >= 0.3 is 0 Å². The Morgan fingerprint density at radius 1 is 1.41 bits per heavy atom. The molecule has 0 amide bonds. The topological polar surface area (TPSA) is 43.8 Å². The molecule has 92 valence electrons. The van der Waals surface area contributed by atoms with Crippen molar-refractivity contribution >= 4 is 34.4 Å². The van der Waals surface area contributed by atoms with Crippen LogP contribution in [0, 0.1) is 0 Å². The van der Waals surface area contributed by atoms with Gasteiger partial charge in [-0.3, -0.25) is 0 Å². The second kappa shape index (κ2) is 5.76.